The van der Waals surface area contributed by atoms with Gasteiger partial charge in [-0.2, -0.15) is 0 Å². The van der Waals surface area contributed by atoms with Crippen LogP contribution >= 0.6 is 0 Å². The number of nitrogens with zero attached hydrogens (tertiary/aromatic N) is 2. The first-order valence-corrected chi connectivity index (χ1v) is 7.17. The van der Waals surface area contributed by atoms with Crippen molar-refractivity contribution in [3.05, 3.63) is 29.8 Å². The normalized spacial score (nSPS) is 15.9. The Balaban J connectivity index is 1.76. The van der Waals surface area contributed by atoms with Gasteiger partial charge in [-0.05, 0) is 24.6 Å². The second-order valence-electron chi connectivity index (χ2n) is 5.31. The van der Waals surface area contributed by atoms with Gasteiger partial charge in [-0.25, -0.2) is 4.79 Å². The fourth-order valence-corrected chi connectivity index (χ4v) is 2.27. The van der Waals surface area contributed by atoms with E-state index in [2.05, 4.69) is 15.5 Å². The quantitative estimate of drug-likeness (QED) is 0.873. The zero-order valence-corrected chi connectivity index (χ0v) is 12.4. The molecule has 2 rings (SSSR count). The highest BCUT2D eigenvalue weighted by molar-refractivity contribution is 5.89. The van der Waals surface area contributed by atoms with Crippen LogP contribution in [0, 0.1) is 6.92 Å². The van der Waals surface area contributed by atoms with E-state index in [-0.39, 0.29) is 6.03 Å². The van der Waals surface area contributed by atoms with Crippen LogP contribution in [0.5, 0.6) is 0 Å². The molecule has 0 atom stereocenters. The molecule has 1 aliphatic rings. The third-order valence-electron chi connectivity index (χ3n) is 3.58. The predicted molar refractivity (Wildman–Crippen MR) is 82.1 cm³/mol. The van der Waals surface area contributed by atoms with E-state index < -0.39 is 0 Å². The van der Waals surface area contributed by atoms with Crippen molar-refractivity contribution in [2.75, 3.05) is 51.6 Å². The molecule has 2 N–H and O–H groups in total. The topological polar surface area (TPSA) is 47.6 Å². The minimum absolute atomic E-state index is 0.0502. The number of urea groups is 1. The minimum atomic E-state index is -0.0502. The Morgan fingerprint density at radius 1 is 1.40 bits per heavy atom. The van der Waals surface area contributed by atoms with Gasteiger partial charge in [-0.1, -0.05) is 12.1 Å². The number of carbonyl (C=O) groups is 1. The van der Waals surface area contributed by atoms with Crippen molar-refractivity contribution in [3.8, 4) is 0 Å². The Bertz CT molecular complexity index is 443. The minimum Gasteiger partial charge on any atom is -0.326 e. The fourth-order valence-electron chi connectivity index (χ4n) is 2.27. The first-order chi connectivity index (χ1) is 9.65. The van der Waals surface area contributed by atoms with Gasteiger partial charge in [0.25, 0.3) is 0 Å². The molecule has 0 aliphatic carbocycles. The van der Waals surface area contributed by atoms with Crippen LogP contribution in [0.25, 0.3) is 0 Å². The van der Waals surface area contributed by atoms with Gasteiger partial charge < -0.3 is 15.5 Å². The number of anilines is 1. The lowest BCUT2D eigenvalue weighted by Gasteiger charge is -2.29. The Morgan fingerprint density at radius 3 is 2.85 bits per heavy atom. The van der Waals surface area contributed by atoms with Crippen LogP contribution in [0.3, 0.4) is 0 Å². The summed E-state index contributed by atoms with van der Waals surface area (Å²) in [6, 6.07) is 7.80. The summed E-state index contributed by atoms with van der Waals surface area (Å²) in [5.74, 6) is 0. The molecule has 1 heterocycles. The average Bonchev–Trinajstić information content (AvgIpc) is 2.46. The van der Waals surface area contributed by atoms with E-state index in [1.165, 1.54) is 0 Å². The second-order valence-corrected chi connectivity index (χ2v) is 5.31. The molecule has 1 aliphatic heterocycles. The van der Waals surface area contributed by atoms with Crippen molar-refractivity contribution < 1.29 is 4.79 Å². The van der Waals surface area contributed by atoms with Crippen LogP contribution in [0.1, 0.15) is 5.56 Å². The molecule has 0 aromatic heterocycles. The van der Waals surface area contributed by atoms with Gasteiger partial charge >= 0.3 is 6.03 Å². The number of benzene rings is 1. The standard InChI is InChI=1S/C15H24N4O/c1-13-4-3-5-14(12-13)17-15(20)18(2)10-11-19-8-6-16-7-9-19/h3-5,12,16H,6-11H2,1-2H3,(H,17,20). The van der Waals surface area contributed by atoms with Crippen molar-refractivity contribution in [2.45, 2.75) is 6.92 Å². The summed E-state index contributed by atoms with van der Waals surface area (Å²) < 4.78 is 0. The molecule has 0 bridgehead atoms. The molecule has 0 saturated carbocycles. The second kappa shape index (κ2) is 7.26. The number of nitrogens with one attached hydrogen (secondary N) is 2. The molecule has 1 aromatic carbocycles. The fraction of sp³-hybridized carbons (Fsp3) is 0.533. The van der Waals surface area contributed by atoms with Gasteiger partial charge in [0.1, 0.15) is 0 Å². The molecule has 1 saturated heterocycles. The number of hydrogen-bond donors (Lipinski definition) is 2. The van der Waals surface area contributed by atoms with Crippen LogP contribution in [0.4, 0.5) is 10.5 Å². The Morgan fingerprint density at radius 2 is 2.15 bits per heavy atom. The number of amides is 2. The lowest BCUT2D eigenvalue weighted by atomic mass is 10.2. The van der Waals surface area contributed by atoms with Gasteiger partial charge in [0.05, 0.1) is 0 Å². The molecule has 5 nitrogen and oxygen atoms in total. The monoisotopic (exact) mass is 276 g/mol. The molecule has 5 heteroatoms. The number of aryl methyl sites for hydroxylation is 1. The number of rotatable bonds is 4. The predicted octanol–water partition coefficient (Wildman–Crippen LogP) is 1.36. The van der Waals surface area contributed by atoms with Gasteiger partial charge in [0, 0.05) is 52.0 Å². The Labute approximate surface area is 120 Å². The maximum Gasteiger partial charge on any atom is 0.321 e. The number of hydrogen-bond acceptors (Lipinski definition) is 3. The smallest absolute Gasteiger partial charge is 0.321 e. The van der Waals surface area contributed by atoms with Crippen molar-refractivity contribution in [3.63, 3.8) is 0 Å². The highest BCUT2D eigenvalue weighted by Gasteiger charge is 2.13. The summed E-state index contributed by atoms with van der Waals surface area (Å²) in [5, 5.41) is 6.25. The highest BCUT2D eigenvalue weighted by atomic mass is 16.2. The van der Waals surface area contributed by atoms with Crippen molar-refractivity contribution in [2.24, 2.45) is 0 Å². The summed E-state index contributed by atoms with van der Waals surface area (Å²) in [6.07, 6.45) is 0. The molecule has 0 radical (unpaired) electrons. The van der Waals surface area contributed by atoms with E-state index in [4.69, 9.17) is 0 Å². The van der Waals surface area contributed by atoms with Gasteiger partial charge in [-0.3, -0.25) is 4.90 Å². The van der Waals surface area contributed by atoms with E-state index in [9.17, 15) is 4.79 Å². The largest absolute Gasteiger partial charge is 0.326 e. The number of carbonyl (C=O) groups excluding carboxylic acids is 1. The van der Waals surface area contributed by atoms with Crippen molar-refractivity contribution >= 4 is 11.7 Å². The molecule has 20 heavy (non-hydrogen) atoms. The molecule has 1 fully saturated rings. The maximum atomic E-state index is 12.1. The first kappa shape index (κ1) is 14.8. The van der Waals surface area contributed by atoms with E-state index >= 15 is 0 Å². The van der Waals surface area contributed by atoms with Gasteiger partial charge in [-0.15, -0.1) is 0 Å². The van der Waals surface area contributed by atoms with E-state index in [1.807, 2.05) is 38.2 Å². The third kappa shape index (κ3) is 4.51. The molecule has 0 spiro atoms. The SMILES string of the molecule is Cc1cccc(NC(=O)N(C)CCN2CCNCC2)c1. The molecular weight excluding hydrogens is 252 g/mol. The summed E-state index contributed by atoms with van der Waals surface area (Å²) in [6.45, 7) is 7.90. The molecule has 110 valence electrons. The molecule has 1 aromatic rings. The summed E-state index contributed by atoms with van der Waals surface area (Å²) in [4.78, 5) is 16.2. The summed E-state index contributed by atoms with van der Waals surface area (Å²) in [7, 11) is 1.84. The Hall–Kier alpha value is -1.59. The first-order valence-electron chi connectivity index (χ1n) is 7.17. The molecule has 0 unspecified atom stereocenters. The number of likely N-dealkylation sites (N-methyl/N-ethyl adjacent to an activating group) is 1. The maximum absolute atomic E-state index is 12.1. The van der Waals surface area contributed by atoms with Crippen molar-refractivity contribution in [1.29, 1.82) is 0 Å². The van der Waals surface area contributed by atoms with Crippen LogP contribution in [0.15, 0.2) is 24.3 Å². The van der Waals surface area contributed by atoms with E-state index in [1.54, 1.807) is 4.90 Å². The molecular formula is C15H24N4O. The van der Waals surface area contributed by atoms with Crippen LogP contribution in [0.2, 0.25) is 0 Å². The zero-order chi connectivity index (χ0) is 14.4. The van der Waals surface area contributed by atoms with Gasteiger partial charge in [0.2, 0.25) is 0 Å². The zero-order valence-electron chi connectivity index (χ0n) is 12.4. The average molecular weight is 276 g/mol. The summed E-state index contributed by atoms with van der Waals surface area (Å²) >= 11 is 0. The van der Waals surface area contributed by atoms with E-state index in [0.717, 1.165) is 50.5 Å². The highest BCUT2D eigenvalue weighted by Crippen LogP contribution is 2.10. The van der Waals surface area contributed by atoms with Crippen LogP contribution in [-0.4, -0.2) is 62.1 Å². The van der Waals surface area contributed by atoms with Gasteiger partial charge in [0.15, 0.2) is 0 Å². The molecule has 2 amide bonds. The third-order valence-corrected chi connectivity index (χ3v) is 3.58. The van der Waals surface area contributed by atoms with Crippen LogP contribution < -0.4 is 10.6 Å². The Kier molecular flexibility index (Phi) is 5.38. The number of piperazine rings is 1. The lowest BCUT2D eigenvalue weighted by Crippen LogP contribution is -2.46. The van der Waals surface area contributed by atoms with E-state index in [0.29, 0.717) is 0 Å². The van der Waals surface area contributed by atoms with Crippen LogP contribution in [-0.2, 0) is 0 Å². The van der Waals surface area contributed by atoms with Crippen molar-refractivity contribution in [1.82, 2.24) is 15.1 Å². The summed E-state index contributed by atoms with van der Waals surface area (Å²) in [5.41, 5.74) is 2.00. The lowest BCUT2D eigenvalue weighted by molar-refractivity contribution is 0.197.